The molecule has 0 N–H and O–H groups in total. The van der Waals surface area contributed by atoms with Crippen molar-refractivity contribution >= 4 is 18.0 Å². The first-order chi connectivity index (χ1) is 19.2. The van der Waals surface area contributed by atoms with E-state index in [1.165, 1.54) is 36.3 Å². The van der Waals surface area contributed by atoms with E-state index in [0.717, 1.165) is 34.5 Å². The van der Waals surface area contributed by atoms with Gasteiger partial charge in [0.15, 0.2) is 0 Å². The monoisotopic (exact) mass is 544 g/mol. The maximum Gasteiger partial charge on any atom is 0.416 e. The van der Waals surface area contributed by atoms with Gasteiger partial charge in [0.1, 0.15) is 6.04 Å². The first-order valence-electron chi connectivity index (χ1n) is 12.5. The molecule has 1 aromatic heterocycles. The number of carbonyl (C=O) groups is 2. The summed E-state index contributed by atoms with van der Waals surface area (Å²) in [5.41, 5.74) is 2.96. The Morgan fingerprint density at radius 3 is 2.15 bits per heavy atom. The average Bonchev–Trinajstić information content (AvgIpc) is 2.98. The number of halogens is 3. The van der Waals surface area contributed by atoms with Crippen molar-refractivity contribution in [3.63, 3.8) is 0 Å². The van der Waals surface area contributed by atoms with E-state index in [9.17, 15) is 22.8 Å². The van der Waals surface area contributed by atoms with Crippen LogP contribution in [0.15, 0.2) is 109 Å². The summed E-state index contributed by atoms with van der Waals surface area (Å²) in [7, 11) is 1.27. The zero-order chi connectivity index (χ0) is 28.5. The molecule has 1 atom stereocenters. The summed E-state index contributed by atoms with van der Waals surface area (Å²) in [4.78, 5) is 32.2. The highest BCUT2D eigenvalue weighted by molar-refractivity contribution is 5.94. The molecule has 0 aliphatic rings. The molecule has 0 fully saturated rings. The molecule has 0 saturated carbocycles. The fourth-order valence-corrected chi connectivity index (χ4v) is 4.19. The molecular formula is C32H27F3N2O3. The van der Waals surface area contributed by atoms with Crippen molar-refractivity contribution in [1.29, 1.82) is 0 Å². The highest BCUT2D eigenvalue weighted by Gasteiger charge is 2.31. The molecule has 1 amide bonds. The Balaban J connectivity index is 1.63. The molecule has 0 spiro atoms. The number of pyridine rings is 1. The van der Waals surface area contributed by atoms with Crippen LogP contribution in [0.3, 0.4) is 0 Å². The number of rotatable bonds is 9. The predicted octanol–water partition coefficient (Wildman–Crippen LogP) is 6.59. The Morgan fingerprint density at radius 2 is 1.55 bits per heavy atom. The molecule has 204 valence electrons. The van der Waals surface area contributed by atoms with E-state index in [1.807, 2.05) is 72.8 Å². The quantitative estimate of drug-likeness (QED) is 0.176. The molecule has 8 heteroatoms. The predicted molar refractivity (Wildman–Crippen MR) is 147 cm³/mol. The second kappa shape index (κ2) is 12.9. The summed E-state index contributed by atoms with van der Waals surface area (Å²) in [6.45, 7) is 0.102. The summed E-state index contributed by atoms with van der Waals surface area (Å²) >= 11 is 0. The normalized spacial score (nSPS) is 12.2. The standard InChI is InChI=1S/C32H27F3N2O3/c1-40-31(39)29(21-24-7-3-2-4-8-24)37(22-25-10-15-26(16-11-25)28-9-5-6-20-36-28)30(38)19-14-23-12-17-27(18-13-23)32(33,34)35/h2-20,29H,21-22H2,1H3/b19-14+/t29-/m0/s1. The number of benzene rings is 3. The molecular weight excluding hydrogens is 517 g/mol. The van der Waals surface area contributed by atoms with Crippen LogP contribution in [0.4, 0.5) is 13.2 Å². The maximum atomic E-state index is 13.5. The summed E-state index contributed by atoms with van der Waals surface area (Å²) < 4.78 is 43.8. The maximum absolute atomic E-state index is 13.5. The summed E-state index contributed by atoms with van der Waals surface area (Å²) in [5.74, 6) is -1.06. The molecule has 1 heterocycles. The number of aromatic nitrogens is 1. The van der Waals surface area contributed by atoms with Gasteiger partial charge in [0.2, 0.25) is 5.91 Å². The smallest absolute Gasteiger partial charge is 0.416 e. The van der Waals surface area contributed by atoms with Crippen LogP contribution in [-0.4, -0.2) is 34.9 Å². The van der Waals surface area contributed by atoms with Gasteiger partial charge in [-0.3, -0.25) is 9.78 Å². The Kier molecular flexibility index (Phi) is 9.11. The Bertz CT molecular complexity index is 1440. The lowest BCUT2D eigenvalue weighted by atomic mass is 10.0. The third-order valence-electron chi connectivity index (χ3n) is 6.33. The van der Waals surface area contributed by atoms with Crippen molar-refractivity contribution in [2.24, 2.45) is 0 Å². The fraction of sp³-hybridized carbons (Fsp3) is 0.156. The molecule has 0 radical (unpaired) electrons. The van der Waals surface area contributed by atoms with E-state index < -0.39 is 29.7 Å². The van der Waals surface area contributed by atoms with E-state index in [4.69, 9.17) is 4.74 Å². The van der Waals surface area contributed by atoms with Gasteiger partial charge >= 0.3 is 12.1 Å². The van der Waals surface area contributed by atoms with Crippen LogP contribution < -0.4 is 0 Å². The van der Waals surface area contributed by atoms with Gasteiger partial charge < -0.3 is 9.64 Å². The summed E-state index contributed by atoms with van der Waals surface area (Å²) in [6, 6.07) is 25.9. The van der Waals surface area contributed by atoms with E-state index in [1.54, 1.807) is 6.20 Å². The van der Waals surface area contributed by atoms with Crippen molar-refractivity contribution in [3.05, 3.63) is 132 Å². The van der Waals surface area contributed by atoms with Gasteiger partial charge in [0.05, 0.1) is 18.4 Å². The SMILES string of the molecule is COC(=O)[C@H](Cc1ccccc1)N(Cc1ccc(-c2ccccn2)cc1)C(=O)/C=C/c1ccc(C(F)(F)F)cc1. The average molecular weight is 545 g/mol. The molecule has 4 aromatic rings. The van der Waals surface area contributed by atoms with Crippen LogP contribution in [-0.2, 0) is 33.5 Å². The lowest BCUT2D eigenvalue weighted by Crippen LogP contribution is -2.46. The Labute approximate surface area is 230 Å². The highest BCUT2D eigenvalue weighted by Crippen LogP contribution is 2.29. The number of ether oxygens (including phenoxy) is 1. The van der Waals surface area contributed by atoms with Gasteiger partial charge in [-0.1, -0.05) is 72.8 Å². The van der Waals surface area contributed by atoms with Crippen LogP contribution in [0.5, 0.6) is 0 Å². The van der Waals surface area contributed by atoms with Crippen LogP contribution in [0.25, 0.3) is 17.3 Å². The van der Waals surface area contributed by atoms with Gasteiger partial charge in [-0.2, -0.15) is 13.2 Å². The minimum atomic E-state index is -4.45. The van der Waals surface area contributed by atoms with Crippen molar-refractivity contribution in [3.8, 4) is 11.3 Å². The lowest BCUT2D eigenvalue weighted by molar-refractivity contribution is -0.151. The minimum Gasteiger partial charge on any atom is -0.467 e. The Hall–Kier alpha value is -4.72. The van der Waals surface area contributed by atoms with E-state index in [0.29, 0.717) is 5.56 Å². The number of methoxy groups -OCH3 is 1. The van der Waals surface area contributed by atoms with Crippen LogP contribution in [0.1, 0.15) is 22.3 Å². The number of nitrogens with zero attached hydrogens (tertiary/aromatic N) is 2. The van der Waals surface area contributed by atoms with E-state index in [2.05, 4.69) is 4.98 Å². The topological polar surface area (TPSA) is 59.5 Å². The van der Waals surface area contributed by atoms with Crippen molar-refractivity contribution in [2.45, 2.75) is 25.2 Å². The Morgan fingerprint density at radius 1 is 0.875 bits per heavy atom. The van der Waals surface area contributed by atoms with E-state index in [-0.39, 0.29) is 13.0 Å². The number of amides is 1. The third kappa shape index (κ3) is 7.44. The molecule has 3 aromatic carbocycles. The second-order valence-corrected chi connectivity index (χ2v) is 9.06. The molecule has 40 heavy (non-hydrogen) atoms. The van der Waals surface area contributed by atoms with Crippen molar-refractivity contribution in [1.82, 2.24) is 9.88 Å². The molecule has 0 saturated heterocycles. The number of hydrogen-bond donors (Lipinski definition) is 0. The van der Waals surface area contributed by atoms with E-state index >= 15 is 0 Å². The first-order valence-corrected chi connectivity index (χ1v) is 12.5. The summed E-state index contributed by atoms with van der Waals surface area (Å²) in [5, 5.41) is 0. The summed E-state index contributed by atoms with van der Waals surface area (Å²) in [6.07, 6.45) is 0.158. The largest absolute Gasteiger partial charge is 0.467 e. The molecule has 5 nitrogen and oxygen atoms in total. The van der Waals surface area contributed by atoms with Gasteiger partial charge in [0.25, 0.3) is 0 Å². The number of hydrogen-bond acceptors (Lipinski definition) is 4. The van der Waals surface area contributed by atoms with Crippen molar-refractivity contribution in [2.75, 3.05) is 7.11 Å². The van der Waals surface area contributed by atoms with Crippen LogP contribution in [0.2, 0.25) is 0 Å². The number of esters is 1. The molecule has 4 rings (SSSR count). The third-order valence-corrected chi connectivity index (χ3v) is 6.33. The molecule has 0 aliphatic carbocycles. The minimum absolute atomic E-state index is 0.102. The second-order valence-electron chi connectivity index (χ2n) is 9.06. The van der Waals surface area contributed by atoms with Crippen molar-refractivity contribution < 1.29 is 27.5 Å². The van der Waals surface area contributed by atoms with Gasteiger partial charge in [-0.25, -0.2) is 4.79 Å². The first kappa shape index (κ1) is 28.3. The fourth-order valence-electron chi connectivity index (χ4n) is 4.19. The lowest BCUT2D eigenvalue weighted by Gasteiger charge is -2.29. The molecule has 0 unspecified atom stereocenters. The molecule has 0 bridgehead atoms. The van der Waals surface area contributed by atoms with Gasteiger partial charge in [0, 0.05) is 30.8 Å². The zero-order valence-corrected chi connectivity index (χ0v) is 21.7. The van der Waals surface area contributed by atoms with Gasteiger partial charge in [-0.05, 0) is 47.0 Å². The number of alkyl halides is 3. The van der Waals surface area contributed by atoms with Crippen LogP contribution in [0, 0.1) is 0 Å². The molecule has 0 aliphatic heterocycles. The van der Waals surface area contributed by atoms with Gasteiger partial charge in [-0.15, -0.1) is 0 Å². The highest BCUT2D eigenvalue weighted by atomic mass is 19.4. The van der Waals surface area contributed by atoms with Crippen LogP contribution >= 0.6 is 0 Å². The zero-order valence-electron chi connectivity index (χ0n) is 21.7. The number of carbonyl (C=O) groups excluding carboxylic acids is 2.